The zero-order valence-corrected chi connectivity index (χ0v) is 9.10. The summed E-state index contributed by atoms with van der Waals surface area (Å²) < 4.78 is 25.3. The molecule has 0 aliphatic carbocycles. The second-order valence-electron chi connectivity index (χ2n) is 3.44. The van der Waals surface area contributed by atoms with Gasteiger partial charge in [-0.15, -0.1) is 0 Å². The first-order valence-electron chi connectivity index (χ1n) is 4.43. The number of alkyl halides is 2. The van der Waals surface area contributed by atoms with Gasteiger partial charge < -0.3 is 0 Å². The molecule has 0 atom stereocenters. The second-order valence-corrected chi connectivity index (χ2v) is 4.29. The first-order valence-corrected chi connectivity index (χ1v) is 5.23. The van der Waals surface area contributed by atoms with E-state index in [0.29, 0.717) is 13.1 Å². The third kappa shape index (κ3) is 1.96. The molecular weight excluding hydrogens is 252 g/mol. The summed E-state index contributed by atoms with van der Waals surface area (Å²) in [6.07, 6.45) is -2.25. The molecule has 1 aromatic carbocycles. The third-order valence-corrected chi connectivity index (χ3v) is 3.13. The van der Waals surface area contributed by atoms with Gasteiger partial charge in [0.05, 0.1) is 6.54 Å². The van der Waals surface area contributed by atoms with Gasteiger partial charge >= 0.3 is 0 Å². The maximum absolute atomic E-state index is 12.2. The summed E-state index contributed by atoms with van der Waals surface area (Å²) in [7, 11) is 0. The Bertz CT molecular complexity index is 341. The molecule has 0 radical (unpaired) electrons. The van der Waals surface area contributed by atoms with Crippen LogP contribution in [0.4, 0.5) is 8.78 Å². The van der Waals surface area contributed by atoms with E-state index in [0.717, 1.165) is 15.6 Å². The minimum Gasteiger partial charge on any atom is -0.289 e. The van der Waals surface area contributed by atoms with Crippen LogP contribution >= 0.6 is 15.9 Å². The monoisotopic (exact) mass is 261 g/mol. The number of nitrogens with zero attached hydrogens (tertiary/aromatic N) is 1. The van der Waals surface area contributed by atoms with Gasteiger partial charge in [-0.05, 0) is 17.2 Å². The van der Waals surface area contributed by atoms with Crippen LogP contribution in [0.2, 0.25) is 0 Å². The minimum atomic E-state index is -2.25. The first kappa shape index (κ1) is 10.1. The van der Waals surface area contributed by atoms with Gasteiger partial charge in [0.15, 0.2) is 0 Å². The Morgan fingerprint density at radius 3 is 2.79 bits per heavy atom. The number of fused-ring (bicyclic) bond motifs is 1. The molecule has 14 heavy (non-hydrogen) atoms. The van der Waals surface area contributed by atoms with Gasteiger partial charge in [-0.3, -0.25) is 4.90 Å². The van der Waals surface area contributed by atoms with Crippen molar-refractivity contribution in [1.82, 2.24) is 4.90 Å². The summed E-state index contributed by atoms with van der Waals surface area (Å²) in [6.45, 7) is 1.13. The van der Waals surface area contributed by atoms with E-state index in [9.17, 15) is 8.78 Å². The van der Waals surface area contributed by atoms with E-state index in [-0.39, 0.29) is 6.54 Å². The van der Waals surface area contributed by atoms with Crippen LogP contribution in [0.25, 0.3) is 0 Å². The summed E-state index contributed by atoms with van der Waals surface area (Å²) in [5, 5.41) is 0. The molecule has 0 saturated heterocycles. The minimum absolute atomic E-state index is 0.138. The van der Waals surface area contributed by atoms with Gasteiger partial charge in [-0.25, -0.2) is 8.78 Å². The molecule has 1 nitrogen and oxygen atoms in total. The van der Waals surface area contributed by atoms with Crippen molar-refractivity contribution < 1.29 is 8.78 Å². The lowest BCUT2D eigenvalue weighted by Crippen LogP contribution is -2.23. The summed E-state index contributed by atoms with van der Waals surface area (Å²) >= 11 is 3.43. The topological polar surface area (TPSA) is 3.24 Å². The molecule has 1 heterocycles. The van der Waals surface area contributed by atoms with E-state index in [1.54, 1.807) is 4.90 Å². The fourth-order valence-electron chi connectivity index (χ4n) is 1.77. The molecular formula is C10H10BrF2N. The smallest absolute Gasteiger partial charge is 0.251 e. The first-order chi connectivity index (χ1) is 6.66. The molecule has 0 amide bonds. The van der Waals surface area contributed by atoms with Gasteiger partial charge in [-0.1, -0.05) is 28.1 Å². The highest BCUT2D eigenvalue weighted by molar-refractivity contribution is 9.10. The quantitative estimate of drug-likeness (QED) is 0.791. The largest absolute Gasteiger partial charge is 0.289 e. The predicted molar refractivity (Wildman–Crippen MR) is 54.3 cm³/mol. The van der Waals surface area contributed by atoms with Crippen molar-refractivity contribution in [3.8, 4) is 0 Å². The lowest BCUT2D eigenvalue weighted by Gasteiger charge is -2.13. The number of hydrogen-bond donors (Lipinski definition) is 0. The van der Waals surface area contributed by atoms with E-state index in [2.05, 4.69) is 15.9 Å². The van der Waals surface area contributed by atoms with Gasteiger partial charge in [0.25, 0.3) is 6.43 Å². The average Bonchev–Trinajstić information content (AvgIpc) is 2.47. The van der Waals surface area contributed by atoms with Crippen LogP contribution in [0.15, 0.2) is 22.7 Å². The molecule has 1 aliphatic rings. The summed E-state index contributed by atoms with van der Waals surface area (Å²) in [5.74, 6) is 0. The Balaban J connectivity index is 2.14. The Labute approximate surface area is 89.8 Å². The highest BCUT2D eigenvalue weighted by Crippen LogP contribution is 2.29. The van der Waals surface area contributed by atoms with Crippen LogP contribution in [0.3, 0.4) is 0 Å². The highest BCUT2D eigenvalue weighted by atomic mass is 79.9. The van der Waals surface area contributed by atoms with Crippen molar-refractivity contribution in [3.05, 3.63) is 33.8 Å². The van der Waals surface area contributed by atoms with Crippen LogP contribution in [-0.4, -0.2) is 17.9 Å². The van der Waals surface area contributed by atoms with Crippen molar-refractivity contribution >= 4 is 15.9 Å². The van der Waals surface area contributed by atoms with E-state index in [4.69, 9.17) is 0 Å². The molecule has 0 saturated carbocycles. The van der Waals surface area contributed by atoms with Gasteiger partial charge in [0.1, 0.15) is 0 Å². The zero-order valence-electron chi connectivity index (χ0n) is 7.51. The third-order valence-electron chi connectivity index (χ3n) is 2.39. The van der Waals surface area contributed by atoms with Crippen molar-refractivity contribution in [2.75, 3.05) is 6.54 Å². The van der Waals surface area contributed by atoms with Crippen molar-refractivity contribution in [2.45, 2.75) is 19.5 Å². The Kier molecular flexibility index (Phi) is 2.83. The molecule has 0 N–H and O–H groups in total. The number of hydrogen-bond acceptors (Lipinski definition) is 1. The Morgan fingerprint density at radius 2 is 2.14 bits per heavy atom. The average molecular weight is 262 g/mol. The molecule has 4 heteroatoms. The molecule has 2 rings (SSSR count). The van der Waals surface area contributed by atoms with E-state index >= 15 is 0 Å². The number of halogens is 3. The van der Waals surface area contributed by atoms with Crippen molar-refractivity contribution in [2.24, 2.45) is 0 Å². The maximum Gasteiger partial charge on any atom is 0.251 e. The Morgan fingerprint density at radius 1 is 1.36 bits per heavy atom. The van der Waals surface area contributed by atoms with Crippen LogP contribution in [0.5, 0.6) is 0 Å². The predicted octanol–water partition coefficient (Wildman–Crippen LogP) is 3.03. The fraction of sp³-hybridized carbons (Fsp3) is 0.400. The Hall–Kier alpha value is -0.480. The van der Waals surface area contributed by atoms with Gasteiger partial charge in [0, 0.05) is 17.6 Å². The number of benzene rings is 1. The van der Waals surface area contributed by atoms with E-state index < -0.39 is 6.43 Å². The lowest BCUT2D eigenvalue weighted by molar-refractivity contribution is 0.0873. The molecule has 0 spiro atoms. The molecule has 0 unspecified atom stereocenters. The maximum atomic E-state index is 12.2. The van der Waals surface area contributed by atoms with Gasteiger partial charge in [0.2, 0.25) is 0 Å². The molecule has 1 aromatic rings. The highest BCUT2D eigenvalue weighted by Gasteiger charge is 2.22. The molecule has 0 bridgehead atoms. The van der Waals surface area contributed by atoms with Crippen LogP contribution in [0, 0.1) is 0 Å². The lowest BCUT2D eigenvalue weighted by atomic mass is 10.1. The summed E-state index contributed by atoms with van der Waals surface area (Å²) in [4.78, 5) is 1.76. The molecule has 0 aromatic heterocycles. The molecule has 0 fully saturated rings. The van der Waals surface area contributed by atoms with Crippen LogP contribution in [0.1, 0.15) is 11.1 Å². The standard InChI is InChI=1S/C10H10BrF2N/c11-9-3-1-2-7-4-14(5-8(7)9)6-10(12)13/h1-3,10H,4-6H2. The normalized spacial score (nSPS) is 16.3. The number of rotatable bonds is 2. The van der Waals surface area contributed by atoms with Crippen molar-refractivity contribution in [3.63, 3.8) is 0 Å². The fourth-order valence-corrected chi connectivity index (χ4v) is 2.31. The molecule has 1 aliphatic heterocycles. The van der Waals surface area contributed by atoms with Crippen LogP contribution in [-0.2, 0) is 13.1 Å². The summed E-state index contributed by atoms with van der Waals surface area (Å²) in [5.41, 5.74) is 2.30. The SMILES string of the molecule is FC(F)CN1Cc2cccc(Br)c2C1. The van der Waals surface area contributed by atoms with E-state index in [1.807, 2.05) is 18.2 Å². The van der Waals surface area contributed by atoms with E-state index in [1.165, 1.54) is 0 Å². The summed E-state index contributed by atoms with van der Waals surface area (Å²) in [6, 6.07) is 5.88. The second kappa shape index (κ2) is 3.95. The van der Waals surface area contributed by atoms with Crippen LogP contribution < -0.4 is 0 Å². The zero-order chi connectivity index (χ0) is 10.1. The van der Waals surface area contributed by atoms with Gasteiger partial charge in [-0.2, -0.15) is 0 Å². The molecule has 76 valence electrons. The van der Waals surface area contributed by atoms with Crippen molar-refractivity contribution in [1.29, 1.82) is 0 Å².